The van der Waals surface area contributed by atoms with E-state index in [0.717, 1.165) is 6.42 Å². The molecule has 0 radical (unpaired) electrons. The van der Waals surface area contributed by atoms with Crippen LogP contribution in [0.2, 0.25) is 0 Å². The maximum atomic E-state index is 2.22. The lowest BCUT2D eigenvalue weighted by atomic mass is 10.0. The van der Waals surface area contributed by atoms with E-state index in [-0.39, 0.29) is 0 Å². The van der Waals surface area contributed by atoms with Crippen LogP contribution < -0.4 is 0 Å². The first-order chi connectivity index (χ1) is 5.88. The lowest BCUT2D eigenvalue weighted by molar-refractivity contribution is 1.24. The molecule has 1 aliphatic rings. The van der Waals surface area contributed by atoms with Gasteiger partial charge in [0.2, 0.25) is 0 Å². The van der Waals surface area contributed by atoms with Crippen LogP contribution in [-0.2, 0) is 6.42 Å². The Bertz CT molecular complexity index is 282. The number of hydrogen-bond donors (Lipinski definition) is 0. The predicted molar refractivity (Wildman–Crippen MR) is 55.3 cm³/mol. The molecule has 0 aliphatic heterocycles. The Labute approximate surface area is 74.9 Å². The summed E-state index contributed by atoms with van der Waals surface area (Å²) < 4.78 is 0. The summed E-state index contributed by atoms with van der Waals surface area (Å²) in [6.45, 7) is 6.17. The number of hydrogen-bond acceptors (Lipinski definition) is 0. The van der Waals surface area contributed by atoms with Crippen molar-refractivity contribution in [3.8, 4) is 0 Å². The molecule has 0 aromatic heterocycles. The van der Waals surface area contributed by atoms with Crippen LogP contribution in [0.3, 0.4) is 0 Å². The molecular formula is C12H16. The Morgan fingerprint density at radius 1 is 1.17 bits per heavy atom. The molecule has 0 heterocycles. The Morgan fingerprint density at radius 3 is 2.58 bits per heavy atom. The van der Waals surface area contributed by atoms with Gasteiger partial charge in [0.25, 0.3) is 0 Å². The Kier molecular flexibility index (Phi) is 3.09. The van der Waals surface area contributed by atoms with Crippen molar-refractivity contribution in [2.75, 3.05) is 0 Å². The van der Waals surface area contributed by atoms with E-state index in [9.17, 15) is 0 Å². The summed E-state index contributed by atoms with van der Waals surface area (Å²) in [5.41, 5.74) is 4.32. The average Bonchev–Trinajstić information content (AvgIpc) is 2.57. The quantitative estimate of drug-likeness (QED) is 0.544. The van der Waals surface area contributed by atoms with Gasteiger partial charge in [-0.3, -0.25) is 0 Å². The normalized spacial score (nSPS) is 11.9. The van der Waals surface area contributed by atoms with Gasteiger partial charge in [-0.05, 0) is 30.0 Å². The summed E-state index contributed by atoms with van der Waals surface area (Å²) in [5.74, 6) is 0. The first kappa shape index (κ1) is 9.05. The van der Waals surface area contributed by atoms with Crippen LogP contribution in [-0.4, -0.2) is 0 Å². The summed E-state index contributed by atoms with van der Waals surface area (Å²) in [4.78, 5) is 0. The molecule has 0 bridgehead atoms. The predicted octanol–water partition coefficient (Wildman–Crippen LogP) is 3.59. The zero-order valence-corrected chi connectivity index (χ0v) is 8.09. The summed E-state index contributed by atoms with van der Waals surface area (Å²) in [5, 5.41) is 0. The molecule has 0 unspecified atom stereocenters. The highest BCUT2D eigenvalue weighted by Crippen LogP contribution is 2.21. The van der Waals surface area contributed by atoms with Gasteiger partial charge in [-0.1, -0.05) is 44.2 Å². The number of benzene rings is 1. The van der Waals surface area contributed by atoms with Gasteiger partial charge in [0.05, 0.1) is 0 Å². The van der Waals surface area contributed by atoms with Gasteiger partial charge in [-0.15, -0.1) is 0 Å². The standard InChI is InChI=1S/C10H10.C2H6/c1-8-4-2-5-9-6-3-7-10(8)9;1-2/h2-6H,7H2,1H3;1-2H3. The highest BCUT2D eigenvalue weighted by Gasteiger charge is 2.04. The van der Waals surface area contributed by atoms with Crippen molar-refractivity contribution in [2.24, 2.45) is 0 Å². The highest BCUT2D eigenvalue weighted by atomic mass is 14.1. The lowest BCUT2D eigenvalue weighted by Gasteiger charge is -2.00. The van der Waals surface area contributed by atoms with Crippen LogP contribution in [0.4, 0.5) is 0 Å². The minimum Gasteiger partial charge on any atom is -0.0795 e. The third-order valence-electron chi connectivity index (χ3n) is 2.07. The van der Waals surface area contributed by atoms with Crippen molar-refractivity contribution in [2.45, 2.75) is 27.2 Å². The molecule has 1 aliphatic carbocycles. The molecule has 0 amide bonds. The van der Waals surface area contributed by atoms with Gasteiger partial charge < -0.3 is 0 Å². The zero-order valence-electron chi connectivity index (χ0n) is 8.09. The molecule has 0 saturated carbocycles. The number of rotatable bonds is 0. The van der Waals surface area contributed by atoms with Gasteiger partial charge in [0, 0.05) is 0 Å². The molecule has 0 atom stereocenters. The zero-order chi connectivity index (χ0) is 8.97. The molecular weight excluding hydrogens is 144 g/mol. The van der Waals surface area contributed by atoms with Crippen molar-refractivity contribution in [1.82, 2.24) is 0 Å². The smallest absolute Gasteiger partial charge is 0.00855 e. The van der Waals surface area contributed by atoms with E-state index < -0.39 is 0 Å². The lowest BCUT2D eigenvalue weighted by Crippen LogP contribution is -1.84. The number of fused-ring (bicyclic) bond motifs is 1. The Hall–Kier alpha value is -1.04. The molecule has 0 spiro atoms. The first-order valence-electron chi connectivity index (χ1n) is 4.63. The van der Waals surface area contributed by atoms with Crippen LogP contribution in [0.5, 0.6) is 0 Å². The van der Waals surface area contributed by atoms with Gasteiger partial charge in [-0.2, -0.15) is 0 Å². The van der Waals surface area contributed by atoms with Crippen LogP contribution in [0.25, 0.3) is 6.08 Å². The van der Waals surface area contributed by atoms with Crippen LogP contribution >= 0.6 is 0 Å². The first-order valence-corrected chi connectivity index (χ1v) is 4.63. The van der Waals surface area contributed by atoms with Crippen molar-refractivity contribution < 1.29 is 0 Å². The minimum absolute atomic E-state index is 1.13. The highest BCUT2D eigenvalue weighted by molar-refractivity contribution is 5.61. The van der Waals surface area contributed by atoms with E-state index in [0.29, 0.717) is 0 Å². The third-order valence-corrected chi connectivity index (χ3v) is 2.07. The van der Waals surface area contributed by atoms with E-state index in [1.807, 2.05) is 13.8 Å². The molecule has 12 heavy (non-hydrogen) atoms. The SMILES string of the molecule is CC.Cc1cccc2c1CC=C2. The molecule has 1 aromatic rings. The Balaban J connectivity index is 0.000000336. The van der Waals surface area contributed by atoms with Crippen molar-refractivity contribution in [1.29, 1.82) is 0 Å². The largest absolute Gasteiger partial charge is 0.0795 e. The molecule has 0 fully saturated rings. The molecule has 64 valence electrons. The summed E-state index contributed by atoms with van der Waals surface area (Å²) in [6, 6.07) is 6.46. The van der Waals surface area contributed by atoms with Gasteiger partial charge in [0.1, 0.15) is 0 Å². The van der Waals surface area contributed by atoms with Gasteiger partial charge in [0.15, 0.2) is 0 Å². The average molecular weight is 160 g/mol. The fourth-order valence-electron chi connectivity index (χ4n) is 1.46. The van der Waals surface area contributed by atoms with E-state index >= 15 is 0 Å². The Morgan fingerprint density at radius 2 is 1.92 bits per heavy atom. The van der Waals surface area contributed by atoms with Crippen molar-refractivity contribution in [3.63, 3.8) is 0 Å². The van der Waals surface area contributed by atoms with Crippen molar-refractivity contribution >= 4 is 6.08 Å². The van der Waals surface area contributed by atoms with Crippen LogP contribution in [0.15, 0.2) is 24.3 Å². The second kappa shape index (κ2) is 4.10. The summed E-state index contributed by atoms with van der Waals surface area (Å²) >= 11 is 0. The number of allylic oxidation sites excluding steroid dienone is 1. The molecule has 0 saturated heterocycles. The summed E-state index contributed by atoms with van der Waals surface area (Å²) in [7, 11) is 0. The molecule has 0 heteroatoms. The van der Waals surface area contributed by atoms with E-state index in [4.69, 9.17) is 0 Å². The van der Waals surface area contributed by atoms with Crippen LogP contribution in [0, 0.1) is 6.92 Å². The van der Waals surface area contributed by atoms with E-state index in [1.165, 1.54) is 16.7 Å². The molecule has 1 aromatic carbocycles. The van der Waals surface area contributed by atoms with Crippen LogP contribution in [0.1, 0.15) is 30.5 Å². The third kappa shape index (κ3) is 1.58. The molecule has 2 rings (SSSR count). The maximum Gasteiger partial charge on any atom is -0.00855 e. The van der Waals surface area contributed by atoms with Gasteiger partial charge in [-0.25, -0.2) is 0 Å². The number of aryl methyl sites for hydroxylation is 1. The fraction of sp³-hybridized carbons (Fsp3) is 0.333. The van der Waals surface area contributed by atoms with Gasteiger partial charge >= 0.3 is 0 Å². The second-order valence-electron chi connectivity index (χ2n) is 2.75. The van der Waals surface area contributed by atoms with Crippen molar-refractivity contribution in [3.05, 3.63) is 41.0 Å². The van der Waals surface area contributed by atoms with E-state index in [1.54, 1.807) is 0 Å². The van der Waals surface area contributed by atoms with E-state index in [2.05, 4.69) is 37.3 Å². The maximum absolute atomic E-state index is 2.22. The minimum atomic E-state index is 1.13. The monoisotopic (exact) mass is 160 g/mol. The topological polar surface area (TPSA) is 0 Å². The summed E-state index contributed by atoms with van der Waals surface area (Å²) in [6.07, 6.45) is 5.54. The molecule has 0 nitrogen and oxygen atoms in total. The fourth-order valence-corrected chi connectivity index (χ4v) is 1.46. The molecule has 0 N–H and O–H groups in total. The second-order valence-corrected chi connectivity index (χ2v) is 2.75.